The van der Waals surface area contributed by atoms with Crippen LogP contribution < -0.4 is 10.1 Å². The van der Waals surface area contributed by atoms with E-state index in [0.717, 1.165) is 30.8 Å². The molecule has 2 unspecified atom stereocenters. The van der Waals surface area contributed by atoms with E-state index in [1.165, 1.54) is 6.42 Å². The average molecular weight is 304 g/mol. The Bertz CT molecular complexity index is 502. The molecule has 1 aliphatic rings. The van der Waals surface area contributed by atoms with Gasteiger partial charge in [-0.3, -0.25) is 0 Å². The fourth-order valence-corrected chi connectivity index (χ4v) is 2.92. The highest BCUT2D eigenvalue weighted by Crippen LogP contribution is 2.26. The Labute approximate surface area is 133 Å². The molecule has 0 aliphatic carbocycles. The van der Waals surface area contributed by atoms with Gasteiger partial charge in [0.15, 0.2) is 6.23 Å². The molecular weight excluding hydrogens is 276 g/mol. The van der Waals surface area contributed by atoms with Crippen LogP contribution in [0.15, 0.2) is 24.3 Å². The standard InChI is InChI=1S/C18H28N2O2/c1-13(2)16-9-5-6-10-17(16)22-15(4)19-18(21)20-11-7-8-14(3)12-20/h5-6,9-10,13-15H,7-8,11-12H2,1-4H3,(H,19,21). The minimum absolute atomic E-state index is 0.0268. The van der Waals surface area contributed by atoms with Crippen LogP contribution in [-0.2, 0) is 0 Å². The van der Waals surface area contributed by atoms with Gasteiger partial charge in [-0.1, -0.05) is 39.0 Å². The number of para-hydroxylation sites is 1. The molecule has 0 spiro atoms. The lowest BCUT2D eigenvalue weighted by atomic mass is 10.0. The first-order chi connectivity index (χ1) is 10.5. The van der Waals surface area contributed by atoms with Crippen molar-refractivity contribution < 1.29 is 9.53 Å². The Hall–Kier alpha value is -1.71. The number of urea groups is 1. The minimum Gasteiger partial charge on any atom is -0.471 e. The van der Waals surface area contributed by atoms with E-state index in [1.54, 1.807) is 0 Å². The van der Waals surface area contributed by atoms with E-state index in [-0.39, 0.29) is 12.3 Å². The van der Waals surface area contributed by atoms with Crippen LogP contribution in [0, 0.1) is 5.92 Å². The maximum Gasteiger partial charge on any atom is 0.320 e. The van der Waals surface area contributed by atoms with E-state index in [2.05, 4.69) is 32.2 Å². The summed E-state index contributed by atoms with van der Waals surface area (Å²) in [6.45, 7) is 10.0. The molecule has 1 aromatic carbocycles. The number of carbonyl (C=O) groups is 1. The van der Waals surface area contributed by atoms with Crippen molar-refractivity contribution in [1.82, 2.24) is 10.2 Å². The van der Waals surface area contributed by atoms with Crippen LogP contribution in [0.4, 0.5) is 4.79 Å². The topological polar surface area (TPSA) is 41.6 Å². The van der Waals surface area contributed by atoms with Gasteiger partial charge in [-0.2, -0.15) is 0 Å². The van der Waals surface area contributed by atoms with Gasteiger partial charge in [0.2, 0.25) is 0 Å². The summed E-state index contributed by atoms with van der Waals surface area (Å²) < 4.78 is 5.94. The molecule has 1 N–H and O–H groups in total. The number of rotatable bonds is 4. The number of ether oxygens (including phenoxy) is 1. The van der Waals surface area contributed by atoms with Gasteiger partial charge < -0.3 is 15.0 Å². The van der Waals surface area contributed by atoms with E-state index in [9.17, 15) is 4.79 Å². The average Bonchev–Trinajstić information content (AvgIpc) is 2.47. The quantitative estimate of drug-likeness (QED) is 0.855. The smallest absolute Gasteiger partial charge is 0.320 e. The van der Waals surface area contributed by atoms with Crippen LogP contribution in [-0.4, -0.2) is 30.2 Å². The van der Waals surface area contributed by atoms with Gasteiger partial charge in [0.25, 0.3) is 0 Å². The number of benzene rings is 1. The number of piperidine rings is 1. The Morgan fingerprint density at radius 3 is 2.73 bits per heavy atom. The lowest BCUT2D eigenvalue weighted by molar-refractivity contribution is 0.137. The molecule has 0 aromatic heterocycles. The third kappa shape index (κ3) is 4.39. The van der Waals surface area contributed by atoms with E-state index >= 15 is 0 Å². The van der Waals surface area contributed by atoms with Gasteiger partial charge in [-0.05, 0) is 43.2 Å². The zero-order chi connectivity index (χ0) is 16.1. The van der Waals surface area contributed by atoms with Crippen LogP contribution in [0.3, 0.4) is 0 Å². The van der Waals surface area contributed by atoms with Crippen molar-refractivity contribution in [2.24, 2.45) is 5.92 Å². The first kappa shape index (κ1) is 16.7. The molecule has 2 rings (SSSR count). The maximum atomic E-state index is 12.3. The molecule has 1 saturated heterocycles. The summed E-state index contributed by atoms with van der Waals surface area (Å²) in [6.07, 6.45) is 1.95. The molecule has 22 heavy (non-hydrogen) atoms. The SMILES string of the molecule is CC1CCCN(C(=O)NC(C)Oc2ccccc2C(C)C)C1. The van der Waals surface area contributed by atoms with Crippen LogP contribution >= 0.6 is 0 Å². The Morgan fingerprint density at radius 1 is 1.32 bits per heavy atom. The number of hydrogen-bond acceptors (Lipinski definition) is 2. The summed E-state index contributed by atoms with van der Waals surface area (Å²) in [7, 11) is 0. The molecule has 4 nitrogen and oxygen atoms in total. The zero-order valence-corrected chi connectivity index (χ0v) is 14.1. The maximum absolute atomic E-state index is 12.3. The number of likely N-dealkylation sites (tertiary alicyclic amines) is 1. The van der Waals surface area contributed by atoms with Crippen molar-refractivity contribution in [2.75, 3.05) is 13.1 Å². The van der Waals surface area contributed by atoms with Crippen LogP contribution in [0.25, 0.3) is 0 Å². The van der Waals surface area contributed by atoms with Crippen LogP contribution in [0.1, 0.15) is 52.0 Å². The molecule has 1 fully saturated rings. The van der Waals surface area contributed by atoms with Crippen LogP contribution in [0.5, 0.6) is 5.75 Å². The second kappa shape index (κ2) is 7.52. The third-order valence-electron chi connectivity index (χ3n) is 4.12. The Kier molecular flexibility index (Phi) is 5.69. The fraction of sp³-hybridized carbons (Fsp3) is 0.611. The van der Waals surface area contributed by atoms with Crippen molar-refractivity contribution in [3.8, 4) is 5.75 Å². The molecule has 2 atom stereocenters. The molecule has 0 bridgehead atoms. The second-order valence-electron chi connectivity index (χ2n) is 6.60. The molecule has 1 heterocycles. The molecule has 0 radical (unpaired) electrons. The summed E-state index contributed by atoms with van der Waals surface area (Å²) >= 11 is 0. The van der Waals surface area contributed by atoms with E-state index in [0.29, 0.717) is 11.8 Å². The molecule has 122 valence electrons. The summed E-state index contributed by atoms with van der Waals surface area (Å²) in [6, 6.07) is 7.98. The zero-order valence-electron chi connectivity index (χ0n) is 14.1. The lowest BCUT2D eigenvalue weighted by Gasteiger charge is -2.32. The lowest BCUT2D eigenvalue weighted by Crippen LogP contribution is -2.49. The van der Waals surface area contributed by atoms with Crippen molar-refractivity contribution in [1.29, 1.82) is 0 Å². The molecule has 0 saturated carbocycles. The number of amides is 2. The van der Waals surface area contributed by atoms with E-state index in [4.69, 9.17) is 4.74 Å². The molecule has 1 aliphatic heterocycles. The minimum atomic E-state index is -0.343. The highest BCUT2D eigenvalue weighted by atomic mass is 16.5. The predicted octanol–water partition coefficient (Wildman–Crippen LogP) is 3.98. The monoisotopic (exact) mass is 304 g/mol. The van der Waals surface area contributed by atoms with Crippen molar-refractivity contribution in [2.45, 2.75) is 52.7 Å². The molecular formula is C18H28N2O2. The van der Waals surface area contributed by atoms with Gasteiger partial charge in [-0.25, -0.2) is 4.79 Å². The summed E-state index contributed by atoms with van der Waals surface area (Å²) in [5.41, 5.74) is 1.16. The Balaban J connectivity index is 1.92. The predicted molar refractivity (Wildman–Crippen MR) is 89.1 cm³/mol. The van der Waals surface area contributed by atoms with Crippen molar-refractivity contribution in [3.05, 3.63) is 29.8 Å². The molecule has 4 heteroatoms. The number of nitrogens with zero attached hydrogens (tertiary/aromatic N) is 1. The van der Waals surface area contributed by atoms with Gasteiger partial charge >= 0.3 is 6.03 Å². The second-order valence-corrected chi connectivity index (χ2v) is 6.60. The van der Waals surface area contributed by atoms with Crippen LogP contribution in [0.2, 0.25) is 0 Å². The van der Waals surface area contributed by atoms with E-state index < -0.39 is 0 Å². The number of nitrogens with one attached hydrogen (secondary N) is 1. The van der Waals surface area contributed by atoms with Crippen molar-refractivity contribution >= 4 is 6.03 Å². The van der Waals surface area contributed by atoms with E-state index in [1.807, 2.05) is 30.0 Å². The molecule has 1 aromatic rings. The summed E-state index contributed by atoms with van der Waals surface area (Å²) in [5, 5.41) is 2.95. The highest BCUT2D eigenvalue weighted by molar-refractivity contribution is 5.74. The number of carbonyl (C=O) groups excluding carboxylic acids is 1. The summed E-state index contributed by atoms with van der Waals surface area (Å²) in [4.78, 5) is 14.2. The third-order valence-corrected chi connectivity index (χ3v) is 4.12. The Morgan fingerprint density at radius 2 is 2.05 bits per heavy atom. The largest absolute Gasteiger partial charge is 0.471 e. The summed E-state index contributed by atoms with van der Waals surface area (Å²) in [5.74, 6) is 1.82. The van der Waals surface area contributed by atoms with Gasteiger partial charge in [0.05, 0.1) is 0 Å². The van der Waals surface area contributed by atoms with Gasteiger partial charge in [-0.15, -0.1) is 0 Å². The fourth-order valence-electron chi connectivity index (χ4n) is 2.92. The van der Waals surface area contributed by atoms with Gasteiger partial charge in [0.1, 0.15) is 5.75 Å². The first-order valence-electron chi connectivity index (χ1n) is 8.28. The number of hydrogen-bond donors (Lipinski definition) is 1. The van der Waals surface area contributed by atoms with Gasteiger partial charge in [0, 0.05) is 13.1 Å². The molecule has 2 amide bonds. The normalized spacial score (nSPS) is 19.9. The highest BCUT2D eigenvalue weighted by Gasteiger charge is 2.22. The van der Waals surface area contributed by atoms with Crippen molar-refractivity contribution in [3.63, 3.8) is 0 Å². The first-order valence-corrected chi connectivity index (χ1v) is 8.28.